The molecule has 1 aliphatic rings. The lowest BCUT2D eigenvalue weighted by Gasteiger charge is -2.33. The van der Waals surface area contributed by atoms with Crippen LogP contribution in [0.5, 0.6) is 0 Å². The molecule has 41 heavy (non-hydrogen) atoms. The van der Waals surface area contributed by atoms with Crippen molar-refractivity contribution in [1.82, 2.24) is 10.2 Å². The Kier molecular flexibility index (Phi) is 10.00. The Morgan fingerprint density at radius 2 is 1.54 bits per heavy atom. The van der Waals surface area contributed by atoms with Gasteiger partial charge in [0.05, 0.1) is 10.6 Å². The van der Waals surface area contributed by atoms with Gasteiger partial charge in [0.15, 0.2) is 0 Å². The summed E-state index contributed by atoms with van der Waals surface area (Å²) in [5, 5.41) is 3.75. The van der Waals surface area contributed by atoms with Gasteiger partial charge in [-0.05, 0) is 69.5 Å². The van der Waals surface area contributed by atoms with Gasteiger partial charge in [-0.25, -0.2) is 8.42 Å². The van der Waals surface area contributed by atoms with E-state index in [9.17, 15) is 18.0 Å². The summed E-state index contributed by atoms with van der Waals surface area (Å²) in [6.45, 7) is 4.71. The highest BCUT2D eigenvalue weighted by Crippen LogP contribution is 2.30. The van der Waals surface area contributed by atoms with E-state index in [1.807, 2.05) is 6.92 Å². The van der Waals surface area contributed by atoms with Crippen LogP contribution in [-0.4, -0.2) is 43.8 Å². The molecule has 4 rings (SSSR count). The first-order valence-corrected chi connectivity index (χ1v) is 15.9. The average molecular weight is 617 g/mol. The monoisotopic (exact) mass is 615 g/mol. The van der Waals surface area contributed by atoms with Crippen molar-refractivity contribution in [2.75, 3.05) is 10.8 Å². The predicted molar refractivity (Wildman–Crippen MR) is 164 cm³/mol. The van der Waals surface area contributed by atoms with E-state index in [0.717, 1.165) is 35.6 Å². The molecular formula is C31H35Cl2N3O4S. The fourth-order valence-electron chi connectivity index (χ4n) is 5.02. The zero-order chi connectivity index (χ0) is 29.7. The quantitative estimate of drug-likeness (QED) is 0.291. The van der Waals surface area contributed by atoms with Crippen LogP contribution in [0.25, 0.3) is 0 Å². The second kappa shape index (κ2) is 13.3. The van der Waals surface area contributed by atoms with Crippen molar-refractivity contribution in [2.45, 2.75) is 70.0 Å². The Labute approximate surface area is 252 Å². The average Bonchev–Trinajstić information content (AvgIpc) is 3.45. The van der Waals surface area contributed by atoms with Gasteiger partial charge in [-0.3, -0.25) is 13.9 Å². The number of nitrogens with zero attached hydrogens (tertiary/aromatic N) is 2. The molecule has 10 heteroatoms. The number of carbonyl (C=O) groups is 2. The van der Waals surface area contributed by atoms with Crippen LogP contribution in [0.1, 0.15) is 49.3 Å². The van der Waals surface area contributed by atoms with Gasteiger partial charge < -0.3 is 10.2 Å². The van der Waals surface area contributed by atoms with Crippen LogP contribution in [0.3, 0.4) is 0 Å². The Balaban J connectivity index is 1.73. The highest BCUT2D eigenvalue weighted by molar-refractivity contribution is 7.92. The minimum atomic E-state index is -4.14. The SMILES string of the molecule is Cc1ccc(S(=O)(=O)N(CC(=O)N(Cc2c(Cl)cccc2Cl)C(C)C(=O)NC2CCCC2)c2ccccc2C)cc1. The Hall–Kier alpha value is -3.07. The molecule has 1 saturated carbocycles. The zero-order valence-electron chi connectivity index (χ0n) is 23.4. The van der Waals surface area contributed by atoms with Crippen molar-refractivity contribution in [3.05, 3.63) is 93.5 Å². The molecule has 0 aliphatic heterocycles. The van der Waals surface area contributed by atoms with E-state index in [-0.39, 0.29) is 23.4 Å². The van der Waals surface area contributed by atoms with Crippen molar-refractivity contribution >= 4 is 50.7 Å². The lowest BCUT2D eigenvalue weighted by atomic mass is 10.1. The van der Waals surface area contributed by atoms with Crippen molar-refractivity contribution in [3.63, 3.8) is 0 Å². The van der Waals surface area contributed by atoms with Crippen LogP contribution < -0.4 is 9.62 Å². The van der Waals surface area contributed by atoms with Gasteiger partial charge in [0.1, 0.15) is 12.6 Å². The molecule has 2 amide bonds. The molecule has 0 heterocycles. The van der Waals surface area contributed by atoms with E-state index in [2.05, 4.69) is 5.32 Å². The Bertz CT molecular complexity index is 1490. The smallest absolute Gasteiger partial charge is 0.264 e. The highest BCUT2D eigenvalue weighted by atomic mass is 35.5. The second-order valence-corrected chi connectivity index (χ2v) is 13.2. The molecule has 3 aromatic carbocycles. The number of rotatable bonds is 10. The number of nitrogens with one attached hydrogen (secondary N) is 1. The molecule has 7 nitrogen and oxygen atoms in total. The number of hydrogen-bond donors (Lipinski definition) is 1. The minimum Gasteiger partial charge on any atom is -0.352 e. The minimum absolute atomic E-state index is 0.0520. The largest absolute Gasteiger partial charge is 0.352 e. The molecule has 1 aliphatic carbocycles. The van der Waals surface area contributed by atoms with Crippen LogP contribution in [-0.2, 0) is 26.2 Å². The first-order valence-electron chi connectivity index (χ1n) is 13.7. The van der Waals surface area contributed by atoms with E-state index in [4.69, 9.17) is 23.2 Å². The number of hydrogen-bond acceptors (Lipinski definition) is 4. The molecule has 0 radical (unpaired) electrons. The summed E-state index contributed by atoms with van der Waals surface area (Å²) in [4.78, 5) is 28.9. The van der Waals surface area contributed by atoms with Crippen LogP contribution >= 0.6 is 23.2 Å². The Morgan fingerprint density at radius 1 is 0.927 bits per heavy atom. The fraction of sp³-hybridized carbons (Fsp3) is 0.355. The summed E-state index contributed by atoms with van der Waals surface area (Å²) in [5.74, 6) is -0.869. The van der Waals surface area contributed by atoms with E-state index in [1.165, 1.54) is 17.0 Å². The number of anilines is 1. The summed E-state index contributed by atoms with van der Waals surface area (Å²) >= 11 is 12.9. The molecular weight excluding hydrogens is 581 g/mol. The number of amides is 2. The topological polar surface area (TPSA) is 86.8 Å². The fourth-order valence-corrected chi connectivity index (χ4v) is 7.02. The third kappa shape index (κ3) is 7.23. The van der Waals surface area contributed by atoms with E-state index < -0.39 is 28.5 Å². The number of carbonyl (C=O) groups excluding carboxylic acids is 2. The molecule has 0 spiro atoms. The maximum absolute atomic E-state index is 14.1. The molecule has 1 atom stereocenters. The summed E-state index contributed by atoms with van der Waals surface area (Å²) in [5.41, 5.74) is 2.45. The predicted octanol–water partition coefficient (Wildman–Crippen LogP) is 6.28. The molecule has 3 aromatic rings. The highest BCUT2D eigenvalue weighted by Gasteiger charge is 2.34. The van der Waals surface area contributed by atoms with Crippen LogP contribution in [0.15, 0.2) is 71.6 Å². The molecule has 1 unspecified atom stereocenters. The zero-order valence-corrected chi connectivity index (χ0v) is 25.8. The molecule has 1 fully saturated rings. The first kappa shape index (κ1) is 30.9. The molecule has 218 valence electrons. The number of sulfonamides is 1. The molecule has 1 N–H and O–H groups in total. The summed E-state index contributed by atoms with van der Waals surface area (Å²) in [6, 6.07) is 17.6. The van der Waals surface area contributed by atoms with E-state index in [1.54, 1.807) is 68.4 Å². The number of halogens is 2. The van der Waals surface area contributed by atoms with Gasteiger partial charge in [-0.15, -0.1) is 0 Å². The lowest BCUT2D eigenvalue weighted by molar-refractivity contribution is -0.139. The van der Waals surface area contributed by atoms with Gasteiger partial charge in [0.2, 0.25) is 11.8 Å². The van der Waals surface area contributed by atoms with Crippen molar-refractivity contribution in [2.24, 2.45) is 0 Å². The Morgan fingerprint density at radius 3 is 2.15 bits per heavy atom. The maximum Gasteiger partial charge on any atom is 0.264 e. The van der Waals surface area contributed by atoms with Crippen molar-refractivity contribution in [1.29, 1.82) is 0 Å². The number of benzene rings is 3. The van der Waals surface area contributed by atoms with Crippen molar-refractivity contribution < 1.29 is 18.0 Å². The van der Waals surface area contributed by atoms with E-state index >= 15 is 0 Å². The van der Waals surface area contributed by atoms with Crippen LogP contribution in [0.2, 0.25) is 10.0 Å². The normalized spacial score (nSPS) is 14.5. The number of para-hydroxylation sites is 1. The molecule has 0 aromatic heterocycles. The second-order valence-electron chi connectivity index (χ2n) is 10.5. The lowest BCUT2D eigenvalue weighted by Crippen LogP contribution is -2.52. The van der Waals surface area contributed by atoms with Gasteiger partial charge in [-0.2, -0.15) is 0 Å². The van der Waals surface area contributed by atoms with Crippen molar-refractivity contribution in [3.8, 4) is 0 Å². The summed E-state index contributed by atoms with van der Waals surface area (Å²) in [6.07, 6.45) is 3.86. The summed E-state index contributed by atoms with van der Waals surface area (Å²) in [7, 11) is -4.14. The standard InChI is InChI=1S/C31H35Cl2N3O4S/c1-21-15-17-25(18-16-21)41(39,40)36(29-14-7-4-9-22(29)2)20-30(37)35(19-26-27(32)12-8-13-28(26)33)23(3)31(38)34-24-10-5-6-11-24/h4,7-9,12-18,23-24H,5-6,10-11,19-20H2,1-3H3,(H,34,38). The first-order chi connectivity index (χ1) is 19.5. The molecule has 0 saturated heterocycles. The van der Waals surface area contributed by atoms with E-state index in [0.29, 0.717) is 26.9 Å². The third-order valence-corrected chi connectivity index (χ3v) is 10.0. The van der Waals surface area contributed by atoms with Crippen LogP contribution in [0, 0.1) is 13.8 Å². The number of aryl methyl sites for hydroxylation is 2. The van der Waals surface area contributed by atoms with Gasteiger partial charge in [0.25, 0.3) is 10.0 Å². The molecule has 0 bridgehead atoms. The van der Waals surface area contributed by atoms with Gasteiger partial charge >= 0.3 is 0 Å². The van der Waals surface area contributed by atoms with Crippen LogP contribution in [0.4, 0.5) is 5.69 Å². The summed E-state index contributed by atoms with van der Waals surface area (Å²) < 4.78 is 29.1. The third-order valence-electron chi connectivity index (χ3n) is 7.53. The van der Waals surface area contributed by atoms with Gasteiger partial charge in [0, 0.05) is 28.2 Å². The van der Waals surface area contributed by atoms with Gasteiger partial charge in [-0.1, -0.05) is 78.0 Å². The maximum atomic E-state index is 14.1.